The van der Waals surface area contributed by atoms with Crippen LogP contribution in [0.4, 0.5) is 0 Å². The van der Waals surface area contributed by atoms with Gasteiger partial charge >= 0.3 is 0 Å². The smallest absolute Gasteiger partial charge is 0.191 e. The maximum Gasteiger partial charge on any atom is 0.191 e. The number of halogens is 1. The Morgan fingerprint density at radius 3 is 2.70 bits per heavy atom. The molecule has 0 aliphatic rings. The minimum Gasteiger partial charge on any atom is -0.352 e. The molecule has 1 aromatic carbocycles. The van der Waals surface area contributed by atoms with Gasteiger partial charge in [0.25, 0.3) is 0 Å². The monoisotopic (exact) mass is 351 g/mol. The second-order valence-electron chi connectivity index (χ2n) is 4.48. The molecule has 2 rings (SSSR count). The maximum absolute atomic E-state index is 4.24. The Bertz CT molecular complexity index is 579. The van der Waals surface area contributed by atoms with Gasteiger partial charge in [-0.1, -0.05) is 22.0 Å². The van der Waals surface area contributed by atoms with Crippen molar-refractivity contribution in [3.63, 3.8) is 0 Å². The molecule has 0 aliphatic heterocycles. The normalized spacial score (nSPS) is 11.4. The van der Waals surface area contributed by atoms with E-state index in [1.165, 1.54) is 16.7 Å². The minimum atomic E-state index is 0.766. The lowest BCUT2D eigenvalue weighted by Gasteiger charge is -2.13. The maximum atomic E-state index is 4.24. The highest BCUT2D eigenvalue weighted by Crippen LogP contribution is 2.15. The summed E-state index contributed by atoms with van der Waals surface area (Å²) in [7, 11) is 1.79. The Balaban J connectivity index is 1.87. The lowest BCUT2D eigenvalue weighted by atomic mass is 10.1. The number of benzene rings is 1. The van der Waals surface area contributed by atoms with Crippen molar-refractivity contribution in [3.05, 3.63) is 56.2 Å². The van der Waals surface area contributed by atoms with Crippen LogP contribution in [0.2, 0.25) is 0 Å². The van der Waals surface area contributed by atoms with Gasteiger partial charge in [0.15, 0.2) is 5.96 Å². The SMILES string of the molecule is CN=C(NCc1ccsc1)NCc1ccc(Br)cc1C. The van der Waals surface area contributed by atoms with Crippen LogP contribution in [0.5, 0.6) is 0 Å². The van der Waals surface area contributed by atoms with Crippen molar-refractivity contribution in [3.8, 4) is 0 Å². The van der Waals surface area contributed by atoms with E-state index < -0.39 is 0 Å². The Hall–Kier alpha value is -1.33. The minimum absolute atomic E-state index is 0.766. The van der Waals surface area contributed by atoms with Crippen LogP contribution in [0.3, 0.4) is 0 Å². The summed E-state index contributed by atoms with van der Waals surface area (Å²) in [5.74, 6) is 0.818. The Kier molecular flexibility index (Phi) is 5.61. The van der Waals surface area contributed by atoms with E-state index in [1.807, 2.05) is 0 Å². The van der Waals surface area contributed by atoms with Crippen molar-refractivity contribution in [2.24, 2.45) is 4.99 Å². The molecule has 0 atom stereocenters. The molecular formula is C15H18BrN3S. The molecule has 5 heteroatoms. The Labute approximate surface area is 132 Å². The first kappa shape index (κ1) is 15.1. The topological polar surface area (TPSA) is 36.4 Å². The molecule has 0 saturated carbocycles. The first-order valence-corrected chi connectivity index (χ1v) is 8.13. The van der Waals surface area contributed by atoms with Gasteiger partial charge in [-0.05, 0) is 52.6 Å². The lowest BCUT2D eigenvalue weighted by molar-refractivity contribution is 0.807. The molecule has 1 aromatic heterocycles. The second kappa shape index (κ2) is 7.45. The number of guanidine groups is 1. The number of hydrogen-bond acceptors (Lipinski definition) is 2. The Morgan fingerprint density at radius 2 is 2.05 bits per heavy atom. The molecule has 0 saturated heterocycles. The highest BCUT2D eigenvalue weighted by atomic mass is 79.9. The predicted octanol–water partition coefficient (Wildman–Crippen LogP) is 3.68. The van der Waals surface area contributed by atoms with Crippen LogP contribution in [-0.4, -0.2) is 13.0 Å². The third-order valence-electron chi connectivity index (χ3n) is 3.01. The average Bonchev–Trinajstić information content (AvgIpc) is 2.94. The summed E-state index contributed by atoms with van der Waals surface area (Å²) in [6.45, 7) is 3.67. The van der Waals surface area contributed by atoms with Gasteiger partial charge in [-0.25, -0.2) is 0 Å². The predicted molar refractivity (Wildman–Crippen MR) is 90.2 cm³/mol. The van der Waals surface area contributed by atoms with Gasteiger partial charge in [-0.15, -0.1) is 0 Å². The van der Waals surface area contributed by atoms with Crippen LogP contribution >= 0.6 is 27.3 Å². The average molecular weight is 352 g/mol. The van der Waals surface area contributed by atoms with Crippen molar-refractivity contribution in [1.82, 2.24) is 10.6 Å². The van der Waals surface area contributed by atoms with Crippen molar-refractivity contribution in [1.29, 1.82) is 0 Å². The highest BCUT2D eigenvalue weighted by molar-refractivity contribution is 9.10. The van der Waals surface area contributed by atoms with E-state index in [0.717, 1.165) is 23.5 Å². The molecule has 0 fully saturated rings. The van der Waals surface area contributed by atoms with E-state index in [0.29, 0.717) is 0 Å². The Morgan fingerprint density at radius 1 is 1.25 bits per heavy atom. The van der Waals surface area contributed by atoms with E-state index >= 15 is 0 Å². The van der Waals surface area contributed by atoms with Crippen molar-refractivity contribution < 1.29 is 0 Å². The molecule has 0 unspecified atom stereocenters. The van der Waals surface area contributed by atoms with Crippen LogP contribution < -0.4 is 10.6 Å². The fourth-order valence-electron chi connectivity index (χ4n) is 1.84. The molecule has 2 N–H and O–H groups in total. The zero-order valence-corrected chi connectivity index (χ0v) is 14.0. The summed E-state index contributed by atoms with van der Waals surface area (Å²) >= 11 is 5.19. The largest absolute Gasteiger partial charge is 0.352 e. The quantitative estimate of drug-likeness (QED) is 0.651. The van der Waals surface area contributed by atoms with E-state index in [-0.39, 0.29) is 0 Å². The molecule has 0 radical (unpaired) electrons. The van der Waals surface area contributed by atoms with E-state index in [9.17, 15) is 0 Å². The van der Waals surface area contributed by atoms with Gasteiger partial charge in [-0.2, -0.15) is 11.3 Å². The van der Waals surface area contributed by atoms with Crippen LogP contribution in [0.25, 0.3) is 0 Å². The first-order chi connectivity index (χ1) is 9.69. The number of nitrogens with one attached hydrogen (secondary N) is 2. The van der Waals surface area contributed by atoms with E-state index in [2.05, 4.69) is 73.5 Å². The van der Waals surface area contributed by atoms with Gasteiger partial charge in [0, 0.05) is 24.6 Å². The fourth-order valence-corrected chi connectivity index (χ4v) is 2.98. The van der Waals surface area contributed by atoms with Crippen LogP contribution in [0.15, 0.2) is 44.5 Å². The number of hydrogen-bond donors (Lipinski definition) is 2. The molecular weight excluding hydrogens is 334 g/mol. The van der Waals surface area contributed by atoms with Gasteiger partial charge in [0.05, 0.1) is 0 Å². The number of aliphatic imine (C=N–C) groups is 1. The molecule has 2 aromatic rings. The summed E-state index contributed by atoms with van der Waals surface area (Å²) in [4.78, 5) is 4.24. The van der Waals surface area contributed by atoms with E-state index in [1.54, 1.807) is 18.4 Å². The first-order valence-electron chi connectivity index (χ1n) is 6.39. The third kappa shape index (κ3) is 4.35. The van der Waals surface area contributed by atoms with E-state index in [4.69, 9.17) is 0 Å². The highest BCUT2D eigenvalue weighted by Gasteiger charge is 2.02. The lowest BCUT2D eigenvalue weighted by Crippen LogP contribution is -2.36. The zero-order chi connectivity index (χ0) is 14.4. The molecule has 1 heterocycles. The summed E-state index contributed by atoms with van der Waals surface area (Å²) < 4.78 is 1.11. The molecule has 0 bridgehead atoms. The summed E-state index contributed by atoms with van der Waals surface area (Å²) in [5, 5.41) is 10.9. The number of rotatable bonds is 4. The van der Waals surface area contributed by atoms with Gasteiger partial charge in [-0.3, -0.25) is 4.99 Å². The molecule has 0 aliphatic carbocycles. The second-order valence-corrected chi connectivity index (χ2v) is 6.18. The van der Waals surface area contributed by atoms with Gasteiger partial charge < -0.3 is 10.6 Å². The molecule has 0 spiro atoms. The molecule has 20 heavy (non-hydrogen) atoms. The molecule has 0 amide bonds. The van der Waals surface area contributed by atoms with Crippen LogP contribution in [-0.2, 0) is 13.1 Å². The third-order valence-corrected chi connectivity index (χ3v) is 4.24. The standard InChI is InChI=1S/C15H18BrN3S/c1-11-7-14(16)4-3-13(11)9-19-15(17-2)18-8-12-5-6-20-10-12/h3-7,10H,8-9H2,1-2H3,(H2,17,18,19). The number of thiophene rings is 1. The van der Waals surface area contributed by atoms with Crippen LogP contribution in [0.1, 0.15) is 16.7 Å². The number of nitrogens with zero attached hydrogens (tertiary/aromatic N) is 1. The van der Waals surface area contributed by atoms with Gasteiger partial charge in [0.1, 0.15) is 0 Å². The number of aryl methyl sites for hydroxylation is 1. The zero-order valence-electron chi connectivity index (χ0n) is 11.6. The summed E-state index contributed by atoms with van der Waals surface area (Å²) in [5.41, 5.74) is 3.81. The van der Waals surface area contributed by atoms with Crippen LogP contribution in [0, 0.1) is 6.92 Å². The fraction of sp³-hybridized carbons (Fsp3) is 0.267. The summed E-state index contributed by atoms with van der Waals surface area (Å²) in [6.07, 6.45) is 0. The molecule has 3 nitrogen and oxygen atoms in total. The van der Waals surface area contributed by atoms with Crippen molar-refractivity contribution >= 4 is 33.2 Å². The van der Waals surface area contributed by atoms with Gasteiger partial charge in [0.2, 0.25) is 0 Å². The molecule has 106 valence electrons. The summed E-state index contributed by atoms with van der Waals surface area (Å²) in [6, 6.07) is 8.42. The van der Waals surface area contributed by atoms with Crippen molar-refractivity contribution in [2.45, 2.75) is 20.0 Å². The van der Waals surface area contributed by atoms with Crippen molar-refractivity contribution in [2.75, 3.05) is 7.05 Å².